The molecule has 0 aliphatic carbocycles. The zero-order valence-corrected chi connectivity index (χ0v) is 23.1. The van der Waals surface area contributed by atoms with Crippen LogP contribution < -0.4 is 0 Å². The molecule has 260 valence electrons. The number of hydrogen-bond acceptors (Lipinski definition) is 7. The van der Waals surface area contributed by atoms with E-state index in [9.17, 15) is 86.8 Å². The normalized spacial score (nSPS) is 17.0. The number of hydrogen-bond donors (Lipinski definition) is 3. The van der Waals surface area contributed by atoms with Crippen molar-refractivity contribution in [2.24, 2.45) is 17.3 Å². The lowest BCUT2D eigenvalue weighted by Gasteiger charge is -2.40. The van der Waals surface area contributed by atoms with Crippen LogP contribution in [0.5, 0.6) is 0 Å². The van der Waals surface area contributed by atoms with Crippen LogP contribution in [0.25, 0.3) is 0 Å². The van der Waals surface area contributed by atoms with Gasteiger partial charge in [-0.2, -0.15) is 57.1 Å². The van der Waals surface area contributed by atoms with E-state index >= 15 is 0 Å². The summed E-state index contributed by atoms with van der Waals surface area (Å²) < 4.78 is 181. The molecule has 0 bridgehead atoms. The molecule has 0 aliphatic rings. The standard InChI is InChI=1S/C23H29F13O8/c1-5-11(16(42)44-13(14(39)40)17(3,4)9-37)6-10(2)15(41)43-8-12(38)7-18(24,25)19(26,27)20(28,29)21(30,31)22(32,33)23(34,35)36/h10-13,37-38H,5-9H2,1-4H3,(H,39,40). The van der Waals surface area contributed by atoms with Crippen molar-refractivity contribution < 1.29 is 96.3 Å². The molecule has 0 rings (SSSR count). The fourth-order valence-electron chi connectivity index (χ4n) is 3.40. The van der Waals surface area contributed by atoms with Crippen molar-refractivity contribution in [2.75, 3.05) is 13.2 Å². The van der Waals surface area contributed by atoms with Crippen LogP contribution in [0.15, 0.2) is 0 Å². The Hall–Kier alpha value is -2.58. The maximum absolute atomic E-state index is 13.9. The highest BCUT2D eigenvalue weighted by Crippen LogP contribution is 2.60. The Morgan fingerprint density at radius 1 is 0.773 bits per heavy atom. The second-order valence-corrected chi connectivity index (χ2v) is 10.5. The first-order valence-corrected chi connectivity index (χ1v) is 12.2. The molecule has 0 saturated carbocycles. The van der Waals surface area contributed by atoms with Gasteiger partial charge in [-0.1, -0.05) is 27.7 Å². The van der Waals surface area contributed by atoms with Crippen molar-refractivity contribution in [1.82, 2.24) is 0 Å². The second-order valence-electron chi connectivity index (χ2n) is 10.5. The quantitative estimate of drug-likeness (QED) is 0.143. The van der Waals surface area contributed by atoms with Crippen LogP contribution in [-0.2, 0) is 23.9 Å². The van der Waals surface area contributed by atoms with Crippen LogP contribution in [0.1, 0.15) is 47.0 Å². The number of ether oxygens (including phenoxy) is 2. The molecule has 0 aromatic rings. The second kappa shape index (κ2) is 13.8. The number of esters is 2. The predicted molar refractivity (Wildman–Crippen MR) is 118 cm³/mol. The number of carbonyl (C=O) groups excluding carboxylic acids is 2. The first-order valence-electron chi connectivity index (χ1n) is 12.2. The summed E-state index contributed by atoms with van der Waals surface area (Å²) in [5, 5.41) is 28.1. The van der Waals surface area contributed by atoms with Gasteiger partial charge in [0.15, 0.2) is 0 Å². The third kappa shape index (κ3) is 8.36. The molecule has 21 heteroatoms. The van der Waals surface area contributed by atoms with Crippen molar-refractivity contribution in [2.45, 2.75) is 95.0 Å². The minimum absolute atomic E-state index is 0.0987. The molecular weight excluding hydrogens is 651 g/mol. The predicted octanol–water partition coefficient (Wildman–Crippen LogP) is 5.09. The van der Waals surface area contributed by atoms with Gasteiger partial charge in [0.25, 0.3) is 0 Å². The largest absolute Gasteiger partial charge is 0.478 e. The number of halogens is 13. The minimum atomic E-state index is -8.10. The molecule has 0 fully saturated rings. The number of carboxylic acid groups (broad SMARTS) is 1. The van der Waals surface area contributed by atoms with E-state index in [0.29, 0.717) is 0 Å². The van der Waals surface area contributed by atoms with Crippen LogP contribution in [0, 0.1) is 17.3 Å². The topological polar surface area (TPSA) is 130 Å². The molecular formula is C23H29F13O8. The number of alkyl halides is 13. The van der Waals surface area contributed by atoms with Gasteiger partial charge < -0.3 is 24.8 Å². The average Bonchev–Trinajstić information content (AvgIpc) is 2.86. The van der Waals surface area contributed by atoms with Crippen LogP contribution in [0.3, 0.4) is 0 Å². The van der Waals surface area contributed by atoms with E-state index in [1.807, 2.05) is 0 Å². The van der Waals surface area contributed by atoms with Gasteiger partial charge in [-0.25, -0.2) is 4.79 Å². The lowest BCUT2D eigenvalue weighted by atomic mass is 9.87. The first-order chi connectivity index (χ1) is 19.4. The third-order valence-electron chi connectivity index (χ3n) is 6.35. The molecule has 0 saturated heterocycles. The van der Waals surface area contributed by atoms with Gasteiger partial charge in [0.05, 0.1) is 24.5 Å². The zero-order chi connectivity index (χ0) is 35.5. The summed E-state index contributed by atoms with van der Waals surface area (Å²) in [6.07, 6.45) is -16.1. The summed E-state index contributed by atoms with van der Waals surface area (Å²) in [6.45, 7) is 2.44. The van der Waals surface area contributed by atoms with E-state index in [-0.39, 0.29) is 6.42 Å². The van der Waals surface area contributed by atoms with E-state index in [4.69, 9.17) is 4.74 Å². The molecule has 0 heterocycles. The molecule has 0 aromatic heterocycles. The fourth-order valence-corrected chi connectivity index (χ4v) is 3.40. The fraction of sp³-hybridized carbons (Fsp3) is 0.870. The van der Waals surface area contributed by atoms with Crippen LogP contribution >= 0.6 is 0 Å². The molecule has 4 atom stereocenters. The van der Waals surface area contributed by atoms with Crippen LogP contribution in [0.4, 0.5) is 57.1 Å². The van der Waals surface area contributed by atoms with E-state index in [1.165, 1.54) is 20.8 Å². The number of carboxylic acids is 1. The average molecular weight is 680 g/mol. The number of aliphatic carboxylic acids is 1. The first kappa shape index (κ1) is 41.4. The van der Waals surface area contributed by atoms with E-state index < -0.39 is 109 Å². The maximum Gasteiger partial charge on any atom is 0.460 e. The van der Waals surface area contributed by atoms with Crippen LogP contribution in [-0.4, -0.2) is 94.4 Å². The maximum atomic E-state index is 13.9. The van der Waals surface area contributed by atoms with E-state index in [2.05, 4.69) is 4.74 Å². The lowest BCUT2D eigenvalue weighted by Crippen LogP contribution is -2.70. The SMILES string of the molecule is CCC(CC(C)C(=O)OCC(O)CC(F)(F)C(F)(F)C(F)(F)C(F)(F)C(F)(F)C(F)(F)F)C(=O)OC(C(=O)O)C(C)(C)CO. The number of carbonyl (C=O) groups is 3. The number of aliphatic hydroxyl groups is 2. The van der Waals surface area contributed by atoms with Crippen molar-refractivity contribution >= 4 is 17.9 Å². The highest BCUT2D eigenvalue weighted by atomic mass is 19.4. The summed E-state index contributed by atoms with van der Waals surface area (Å²) in [7, 11) is 0. The van der Waals surface area contributed by atoms with E-state index in [1.54, 1.807) is 0 Å². The van der Waals surface area contributed by atoms with Crippen molar-refractivity contribution in [3.05, 3.63) is 0 Å². The molecule has 4 unspecified atom stereocenters. The van der Waals surface area contributed by atoms with Gasteiger partial charge in [-0.3, -0.25) is 9.59 Å². The van der Waals surface area contributed by atoms with Gasteiger partial charge in [0, 0.05) is 11.8 Å². The molecule has 0 aromatic carbocycles. The highest BCUT2D eigenvalue weighted by molar-refractivity contribution is 5.80. The van der Waals surface area contributed by atoms with Gasteiger partial charge in [0.1, 0.15) is 6.61 Å². The molecule has 8 nitrogen and oxygen atoms in total. The van der Waals surface area contributed by atoms with E-state index in [0.717, 1.165) is 6.92 Å². The summed E-state index contributed by atoms with van der Waals surface area (Å²) in [5.41, 5.74) is -1.46. The zero-order valence-electron chi connectivity index (χ0n) is 23.1. The number of rotatable bonds is 17. The molecule has 3 N–H and O–H groups in total. The molecule has 44 heavy (non-hydrogen) atoms. The van der Waals surface area contributed by atoms with Crippen molar-refractivity contribution in [3.63, 3.8) is 0 Å². The Labute approximate surface area is 240 Å². The Morgan fingerprint density at radius 2 is 1.23 bits per heavy atom. The Morgan fingerprint density at radius 3 is 1.61 bits per heavy atom. The van der Waals surface area contributed by atoms with Gasteiger partial charge in [-0.05, 0) is 12.8 Å². The van der Waals surface area contributed by atoms with Crippen LogP contribution in [0.2, 0.25) is 0 Å². The smallest absolute Gasteiger partial charge is 0.460 e. The number of aliphatic hydroxyl groups excluding tert-OH is 2. The Kier molecular flexibility index (Phi) is 13.0. The van der Waals surface area contributed by atoms with Crippen molar-refractivity contribution in [3.8, 4) is 0 Å². The lowest BCUT2D eigenvalue weighted by molar-refractivity contribution is -0.440. The summed E-state index contributed by atoms with van der Waals surface area (Å²) >= 11 is 0. The summed E-state index contributed by atoms with van der Waals surface area (Å²) in [6, 6.07) is 0. The highest BCUT2D eigenvalue weighted by Gasteiger charge is 2.90. The molecule has 0 radical (unpaired) electrons. The third-order valence-corrected chi connectivity index (χ3v) is 6.35. The summed E-state index contributed by atoms with van der Waals surface area (Å²) in [5.74, 6) is -45.2. The minimum Gasteiger partial charge on any atom is -0.478 e. The molecule has 0 aliphatic heterocycles. The van der Waals surface area contributed by atoms with Gasteiger partial charge in [-0.15, -0.1) is 0 Å². The van der Waals surface area contributed by atoms with Gasteiger partial charge >= 0.3 is 53.7 Å². The monoisotopic (exact) mass is 680 g/mol. The van der Waals surface area contributed by atoms with Crippen molar-refractivity contribution in [1.29, 1.82) is 0 Å². The summed E-state index contributed by atoms with van der Waals surface area (Å²) in [4.78, 5) is 36.1. The Bertz CT molecular complexity index is 1010. The molecule has 0 amide bonds. The van der Waals surface area contributed by atoms with Gasteiger partial charge in [0.2, 0.25) is 6.10 Å². The Balaban J connectivity index is 5.56. The molecule has 0 spiro atoms.